The summed E-state index contributed by atoms with van der Waals surface area (Å²) >= 11 is 0. The van der Waals surface area contributed by atoms with Gasteiger partial charge in [-0.3, -0.25) is 13.9 Å². The molecule has 0 spiro atoms. The Labute approximate surface area is 164 Å². The Balaban J connectivity index is 1.85. The van der Waals surface area contributed by atoms with Gasteiger partial charge in [-0.25, -0.2) is 4.98 Å². The van der Waals surface area contributed by atoms with E-state index >= 15 is 0 Å². The topological polar surface area (TPSA) is 68.0 Å². The number of nitrogens with zero attached hydrogens (tertiary/aromatic N) is 5. The summed E-state index contributed by atoms with van der Waals surface area (Å²) in [6.45, 7) is 5.72. The molecule has 1 fully saturated rings. The maximum absolute atomic E-state index is 13.2. The SMILES string of the molecule is CC#CCn1c(N2CCNCC2)nc2nc(Cc3ccccc3)n(C)c(=O)c21. The molecule has 0 saturated carbocycles. The summed E-state index contributed by atoms with van der Waals surface area (Å²) in [5.74, 6) is 7.49. The third-order valence-corrected chi connectivity index (χ3v) is 5.08. The lowest BCUT2D eigenvalue weighted by Crippen LogP contribution is -2.44. The number of benzene rings is 1. The van der Waals surface area contributed by atoms with E-state index in [2.05, 4.69) is 22.1 Å². The zero-order valence-corrected chi connectivity index (χ0v) is 16.3. The molecule has 1 N–H and O–H groups in total. The van der Waals surface area contributed by atoms with Crippen LogP contribution in [0.5, 0.6) is 0 Å². The third-order valence-electron chi connectivity index (χ3n) is 5.08. The van der Waals surface area contributed by atoms with Gasteiger partial charge in [-0.15, -0.1) is 5.92 Å². The van der Waals surface area contributed by atoms with Crippen molar-refractivity contribution < 1.29 is 0 Å². The lowest BCUT2D eigenvalue weighted by molar-refractivity contribution is 0.573. The molecule has 0 radical (unpaired) electrons. The normalized spacial score (nSPS) is 14.1. The number of anilines is 1. The molecule has 0 aliphatic carbocycles. The van der Waals surface area contributed by atoms with Gasteiger partial charge in [0.05, 0.1) is 6.54 Å². The molecule has 0 bridgehead atoms. The molecular formula is C21H24N6O. The maximum Gasteiger partial charge on any atom is 0.279 e. The van der Waals surface area contributed by atoms with Crippen molar-refractivity contribution in [3.63, 3.8) is 0 Å². The fourth-order valence-electron chi connectivity index (χ4n) is 3.54. The predicted octanol–water partition coefficient (Wildman–Crippen LogP) is 1.15. The van der Waals surface area contributed by atoms with Crippen LogP contribution in [0.2, 0.25) is 0 Å². The molecule has 0 amide bonds. The summed E-state index contributed by atoms with van der Waals surface area (Å²) < 4.78 is 3.55. The molecule has 4 rings (SSSR count). The van der Waals surface area contributed by atoms with E-state index in [4.69, 9.17) is 9.97 Å². The van der Waals surface area contributed by atoms with E-state index in [9.17, 15) is 4.79 Å². The second-order valence-electron chi connectivity index (χ2n) is 6.89. The molecule has 28 heavy (non-hydrogen) atoms. The first kappa shape index (κ1) is 18.3. The van der Waals surface area contributed by atoms with Gasteiger partial charge in [0.2, 0.25) is 5.95 Å². The predicted molar refractivity (Wildman–Crippen MR) is 111 cm³/mol. The Morgan fingerprint density at radius 2 is 1.89 bits per heavy atom. The highest BCUT2D eigenvalue weighted by molar-refractivity contribution is 5.74. The number of rotatable bonds is 4. The zero-order valence-electron chi connectivity index (χ0n) is 16.3. The van der Waals surface area contributed by atoms with E-state index in [0.717, 1.165) is 37.7 Å². The van der Waals surface area contributed by atoms with Gasteiger partial charge in [-0.05, 0) is 12.5 Å². The van der Waals surface area contributed by atoms with Crippen molar-refractivity contribution in [1.29, 1.82) is 0 Å². The van der Waals surface area contributed by atoms with Crippen molar-refractivity contribution in [2.75, 3.05) is 31.1 Å². The molecule has 7 heteroatoms. The molecule has 2 aromatic heterocycles. The second-order valence-corrected chi connectivity index (χ2v) is 6.89. The number of hydrogen-bond donors (Lipinski definition) is 1. The van der Waals surface area contributed by atoms with Crippen molar-refractivity contribution in [1.82, 2.24) is 24.4 Å². The third kappa shape index (κ3) is 3.39. The first-order valence-electron chi connectivity index (χ1n) is 9.54. The molecular weight excluding hydrogens is 352 g/mol. The van der Waals surface area contributed by atoms with E-state index in [0.29, 0.717) is 30.0 Å². The van der Waals surface area contributed by atoms with Crippen LogP contribution in [0.1, 0.15) is 18.3 Å². The lowest BCUT2D eigenvalue weighted by atomic mass is 10.1. The van der Waals surface area contributed by atoms with Crippen LogP contribution in [0.15, 0.2) is 35.1 Å². The maximum atomic E-state index is 13.2. The first-order valence-corrected chi connectivity index (χ1v) is 9.54. The largest absolute Gasteiger partial charge is 0.340 e. The van der Waals surface area contributed by atoms with Crippen molar-refractivity contribution in [3.05, 3.63) is 52.1 Å². The number of piperazine rings is 1. The first-order chi connectivity index (χ1) is 13.7. The summed E-state index contributed by atoms with van der Waals surface area (Å²) in [6, 6.07) is 10.0. The summed E-state index contributed by atoms with van der Waals surface area (Å²) in [5, 5.41) is 3.35. The summed E-state index contributed by atoms with van der Waals surface area (Å²) in [5.41, 5.74) is 2.06. The minimum Gasteiger partial charge on any atom is -0.340 e. The summed E-state index contributed by atoms with van der Waals surface area (Å²) in [6.07, 6.45) is 0.590. The minimum absolute atomic E-state index is 0.0808. The van der Waals surface area contributed by atoms with Crippen LogP contribution in [0.25, 0.3) is 11.2 Å². The fourth-order valence-corrected chi connectivity index (χ4v) is 3.54. The molecule has 7 nitrogen and oxygen atoms in total. The quantitative estimate of drug-likeness (QED) is 0.692. The molecule has 144 valence electrons. The van der Waals surface area contributed by atoms with Crippen molar-refractivity contribution in [2.24, 2.45) is 7.05 Å². The molecule has 1 aliphatic heterocycles. The zero-order chi connectivity index (χ0) is 19.5. The highest BCUT2D eigenvalue weighted by Gasteiger charge is 2.22. The van der Waals surface area contributed by atoms with Crippen molar-refractivity contribution in [3.8, 4) is 11.8 Å². The van der Waals surface area contributed by atoms with Gasteiger partial charge < -0.3 is 10.2 Å². The Kier molecular flexibility index (Phi) is 5.13. The number of aromatic nitrogens is 4. The van der Waals surface area contributed by atoms with Gasteiger partial charge in [0.15, 0.2) is 11.2 Å². The molecule has 1 aliphatic rings. The van der Waals surface area contributed by atoms with E-state index in [1.54, 1.807) is 18.5 Å². The Morgan fingerprint density at radius 1 is 1.14 bits per heavy atom. The van der Waals surface area contributed by atoms with Gasteiger partial charge >= 0.3 is 0 Å². The average Bonchev–Trinajstić information content (AvgIpc) is 3.10. The molecule has 3 aromatic rings. The highest BCUT2D eigenvalue weighted by atomic mass is 16.1. The van der Waals surface area contributed by atoms with Crippen LogP contribution < -0.4 is 15.8 Å². The monoisotopic (exact) mass is 376 g/mol. The number of fused-ring (bicyclic) bond motifs is 1. The van der Waals surface area contributed by atoms with Crippen molar-refractivity contribution in [2.45, 2.75) is 19.9 Å². The van der Waals surface area contributed by atoms with Crippen LogP contribution in [0.4, 0.5) is 5.95 Å². The van der Waals surface area contributed by atoms with Crippen LogP contribution in [0.3, 0.4) is 0 Å². The van der Waals surface area contributed by atoms with Gasteiger partial charge in [-0.1, -0.05) is 36.3 Å². The Bertz CT molecular complexity index is 1100. The van der Waals surface area contributed by atoms with Gasteiger partial charge in [-0.2, -0.15) is 4.98 Å². The highest BCUT2D eigenvalue weighted by Crippen LogP contribution is 2.20. The summed E-state index contributed by atoms with van der Waals surface area (Å²) in [7, 11) is 1.78. The number of hydrogen-bond acceptors (Lipinski definition) is 5. The molecule has 0 atom stereocenters. The molecule has 1 saturated heterocycles. The molecule has 0 unspecified atom stereocenters. The van der Waals surface area contributed by atoms with E-state index in [1.165, 1.54) is 0 Å². The number of imidazole rings is 1. The second kappa shape index (κ2) is 7.87. The Morgan fingerprint density at radius 3 is 2.61 bits per heavy atom. The smallest absolute Gasteiger partial charge is 0.279 e. The average molecular weight is 376 g/mol. The fraction of sp³-hybridized carbons (Fsp3) is 0.381. The van der Waals surface area contributed by atoms with E-state index < -0.39 is 0 Å². The minimum atomic E-state index is -0.0808. The van der Waals surface area contributed by atoms with Crippen LogP contribution in [0, 0.1) is 11.8 Å². The van der Waals surface area contributed by atoms with Gasteiger partial charge in [0.1, 0.15) is 5.82 Å². The number of nitrogens with one attached hydrogen (secondary N) is 1. The molecule has 3 heterocycles. The molecule has 1 aromatic carbocycles. The van der Waals surface area contributed by atoms with Crippen LogP contribution in [-0.4, -0.2) is 45.3 Å². The van der Waals surface area contributed by atoms with Gasteiger partial charge in [0.25, 0.3) is 5.56 Å². The van der Waals surface area contributed by atoms with Crippen LogP contribution in [-0.2, 0) is 20.0 Å². The summed E-state index contributed by atoms with van der Waals surface area (Å²) in [4.78, 5) is 24.9. The Hall–Kier alpha value is -3.11. The van der Waals surface area contributed by atoms with Gasteiger partial charge in [0, 0.05) is 39.6 Å². The van der Waals surface area contributed by atoms with E-state index in [1.807, 2.05) is 34.9 Å². The standard InChI is InChI=1S/C21H24N6O/c1-3-4-12-27-18-19(24-21(27)26-13-10-22-11-14-26)23-17(25(2)20(18)28)15-16-8-6-5-7-9-16/h5-9,22H,10-15H2,1-2H3. The van der Waals surface area contributed by atoms with E-state index in [-0.39, 0.29) is 5.56 Å². The van der Waals surface area contributed by atoms with Crippen LogP contribution >= 0.6 is 0 Å². The van der Waals surface area contributed by atoms with Crippen molar-refractivity contribution >= 4 is 17.1 Å². The lowest BCUT2D eigenvalue weighted by Gasteiger charge is -2.28.